The number of likely N-dealkylation sites (tertiary alicyclic amines) is 1. The van der Waals surface area contributed by atoms with Crippen molar-refractivity contribution in [3.63, 3.8) is 0 Å². The second-order valence-corrected chi connectivity index (χ2v) is 6.66. The van der Waals surface area contributed by atoms with E-state index in [4.69, 9.17) is 9.47 Å². The molecule has 0 bridgehead atoms. The van der Waals surface area contributed by atoms with Crippen LogP contribution in [0.25, 0.3) is 0 Å². The summed E-state index contributed by atoms with van der Waals surface area (Å²) in [5, 5.41) is 0. The molecule has 1 spiro atoms. The Morgan fingerprint density at radius 1 is 1.28 bits per heavy atom. The van der Waals surface area contributed by atoms with Crippen molar-refractivity contribution < 1.29 is 14.3 Å². The van der Waals surface area contributed by atoms with E-state index in [1.165, 1.54) is 12.8 Å². The second kappa shape index (κ2) is 5.08. The molecule has 0 aromatic heterocycles. The zero-order chi connectivity index (χ0) is 13.2. The molecule has 18 heavy (non-hydrogen) atoms. The standard InChI is InChI=1S/C14H25NO3/c1-13(2,3)18-12(16)15-8-4-6-14(10-15)7-5-9-17-11-14/h4-11H2,1-3H3. The van der Waals surface area contributed by atoms with Gasteiger partial charge in [0, 0.05) is 25.1 Å². The summed E-state index contributed by atoms with van der Waals surface area (Å²) in [7, 11) is 0. The van der Waals surface area contributed by atoms with Gasteiger partial charge in [0.1, 0.15) is 5.60 Å². The van der Waals surface area contributed by atoms with Gasteiger partial charge >= 0.3 is 6.09 Å². The number of carbonyl (C=O) groups excluding carboxylic acids is 1. The van der Waals surface area contributed by atoms with Gasteiger partial charge in [0.25, 0.3) is 0 Å². The van der Waals surface area contributed by atoms with Crippen LogP contribution in [0.3, 0.4) is 0 Å². The zero-order valence-corrected chi connectivity index (χ0v) is 11.8. The maximum absolute atomic E-state index is 12.1. The molecule has 2 saturated heterocycles. The summed E-state index contributed by atoms with van der Waals surface area (Å²) in [5.74, 6) is 0. The fourth-order valence-electron chi connectivity index (χ4n) is 2.92. The number of ether oxygens (including phenoxy) is 2. The third-order valence-corrected chi connectivity index (χ3v) is 3.72. The third kappa shape index (κ3) is 3.37. The topological polar surface area (TPSA) is 38.8 Å². The molecule has 0 radical (unpaired) electrons. The quantitative estimate of drug-likeness (QED) is 0.668. The van der Waals surface area contributed by atoms with E-state index in [0.29, 0.717) is 0 Å². The van der Waals surface area contributed by atoms with Gasteiger partial charge in [-0.05, 0) is 46.5 Å². The number of carbonyl (C=O) groups is 1. The molecule has 0 N–H and O–H groups in total. The van der Waals surface area contributed by atoms with Crippen LogP contribution in [0.2, 0.25) is 0 Å². The van der Waals surface area contributed by atoms with Crippen molar-refractivity contribution in [2.45, 2.75) is 52.1 Å². The average molecular weight is 255 g/mol. The molecule has 0 aromatic rings. The molecule has 2 fully saturated rings. The van der Waals surface area contributed by atoms with Crippen molar-refractivity contribution in [2.24, 2.45) is 5.41 Å². The predicted molar refractivity (Wildman–Crippen MR) is 69.5 cm³/mol. The van der Waals surface area contributed by atoms with E-state index < -0.39 is 5.60 Å². The van der Waals surface area contributed by atoms with Crippen molar-refractivity contribution in [1.29, 1.82) is 0 Å². The van der Waals surface area contributed by atoms with Crippen molar-refractivity contribution >= 4 is 6.09 Å². The predicted octanol–water partition coefficient (Wildman–Crippen LogP) is 2.81. The molecular weight excluding hydrogens is 230 g/mol. The van der Waals surface area contributed by atoms with Crippen molar-refractivity contribution in [3.05, 3.63) is 0 Å². The van der Waals surface area contributed by atoms with Crippen molar-refractivity contribution in [3.8, 4) is 0 Å². The van der Waals surface area contributed by atoms with Crippen LogP contribution < -0.4 is 0 Å². The van der Waals surface area contributed by atoms with Gasteiger partial charge < -0.3 is 14.4 Å². The Balaban J connectivity index is 1.95. The van der Waals surface area contributed by atoms with Crippen LogP contribution in [0.15, 0.2) is 0 Å². The summed E-state index contributed by atoms with van der Waals surface area (Å²) in [5.41, 5.74) is -0.224. The number of hydrogen-bond acceptors (Lipinski definition) is 3. The summed E-state index contributed by atoms with van der Waals surface area (Å²) in [6.07, 6.45) is 4.34. The summed E-state index contributed by atoms with van der Waals surface area (Å²) >= 11 is 0. The summed E-state index contributed by atoms with van der Waals surface area (Å²) in [6.45, 7) is 9.01. The van der Waals surface area contributed by atoms with E-state index in [0.717, 1.165) is 39.1 Å². The lowest BCUT2D eigenvalue weighted by atomic mass is 9.76. The lowest BCUT2D eigenvalue weighted by Gasteiger charge is -2.44. The number of amides is 1. The summed E-state index contributed by atoms with van der Waals surface area (Å²) < 4.78 is 11.1. The molecule has 2 rings (SSSR count). The van der Waals surface area contributed by atoms with E-state index in [9.17, 15) is 4.79 Å². The van der Waals surface area contributed by atoms with Gasteiger partial charge in [0.2, 0.25) is 0 Å². The minimum atomic E-state index is -0.412. The highest BCUT2D eigenvalue weighted by Gasteiger charge is 2.39. The van der Waals surface area contributed by atoms with Gasteiger partial charge in [0.15, 0.2) is 0 Å². The number of piperidine rings is 1. The molecule has 1 unspecified atom stereocenters. The Hall–Kier alpha value is -0.770. The molecule has 0 aliphatic carbocycles. The zero-order valence-electron chi connectivity index (χ0n) is 11.8. The molecule has 2 aliphatic rings. The minimum absolute atomic E-state index is 0.174. The Kier molecular flexibility index (Phi) is 3.85. The number of rotatable bonds is 0. The second-order valence-electron chi connectivity index (χ2n) is 6.66. The van der Waals surface area contributed by atoms with Gasteiger partial charge in [-0.25, -0.2) is 4.79 Å². The highest BCUT2D eigenvalue weighted by atomic mass is 16.6. The molecule has 0 aromatic carbocycles. The molecule has 2 heterocycles. The lowest BCUT2D eigenvalue weighted by Crippen LogP contribution is -2.50. The maximum Gasteiger partial charge on any atom is 0.410 e. The fourth-order valence-corrected chi connectivity index (χ4v) is 2.92. The third-order valence-electron chi connectivity index (χ3n) is 3.72. The molecule has 4 heteroatoms. The molecule has 0 saturated carbocycles. The SMILES string of the molecule is CC(C)(C)OC(=O)N1CCCC2(CCCOC2)C1. The monoisotopic (exact) mass is 255 g/mol. The van der Waals surface area contributed by atoms with Crippen LogP contribution >= 0.6 is 0 Å². The van der Waals surface area contributed by atoms with E-state index in [1.807, 2.05) is 25.7 Å². The van der Waals surface area contributed by atoms with Gasteiger partial charge in [-0.1, -0.05) is 0 Å². The fraction of sp³-hybridized carbons (Fsp3) is 0.929. The average Bonchev–Trinajstić information content (AvgIpc) is 2.28. The van der Waals surface area contributed by atoms with E-state index in [2.05, 4.69) is 0 Å². The van der Waals surface area contributed by atoms with Crippen LogP contribution in [0.1, 0.15) is 46.5 Å². The van der Waals surface area contributed by atoms with Gasteiger partial charge in [-0.2, -0.15) is 0 Å². The van der Waals surface area contributed by atoms with Crippen molar-refractivity contribution in [1.82, 2.24) is 4.90 Å². The number of hydrogen-bond donors (Lipinski definition) is 0. The minimum Gasteiger partial charge on any atom is -0.444 e. The first kappa shape index (κ1) is 13.7. The Bertz CT molecular complexity index is 297. The van der Waals surface area contributed by atoms with Gasteiger partial charge in [0.05, 0.1) is 6.61 Å². The molecule has 104 valence electrons. The molecule has 4 nitrogen and oxygen atoms in total. The first-order valence-corrected chi connectivity index (χ1v) is 6.96. The van der Waals surface area contributed by atoms with Crippen LogP contribution in [-0.2, 0) is 9.47 Å². The maximum atomic E-state index is 12.1. The Labute approximate surface area is 110 Å². The van der Waals surface area contributed by atoms with E-state index in [1.54, 1.807) is 0 Å². The summed E-state index contributed by atoms with van der Waals surface area (Å²) in [6, 6.07) is 0. The summed E-state index contributed by atoms with van der Waals surface area (Å²) in [4.78, 5) is 14.0. The van der Waals surface area contributed by atoms with Crippen LogP contribution in [0, 0.1) is 5.41 Å². The van der Waals surface area contributed by atoms with E-state index >= 15 is 0 Å². The van der Waals surface area contributed by atoms with Crippen LogP contribution in [0.4, 0.5) is 4.79 Å². The molecular formula is C14H25NO3. The smallest absolute Gasteiger partial charge is 0.410 e. The Morgan fingerprint density at radius 2 is 2.00 bits per heavy atom. The highest BCUT2D eigenvalue weighted by molar-refractivity contribution is 5.68. The number of nitrogens with zero attached hydrogens (tertiary/aromatic N) is 1. The van der Waals surface area contributed by atoms with Crippen LogP contribution in [0.5, 0.6) is 0 Å². The normalized spacial score (nSPS) is 29.4. The van der Waals surface area contributed by atoms with Crippen molar-refractivity contribution in [2.75, 3.05) is 26.3 Å². The largest absolute Gasteiger partial charge is 0.444 e. The lowest BCUT2D eigenvalue weighted by molar-refractivity contribution is -0.0543. The van der Waals surface area contributed by atoms with Gasteiger partial charge in [-0.15, -0.1) is 0 Å². The first-order valence-electron chi connectivity index (χ1n) is 6.96. The highest BCUT2D eigenvalue weighted by Crippen LogP contribution is 2.37. The molecule has 1 amide bonds. The first-order chi connectivity index (χ1) is 8.40. The van der Waals surface area contributed by atoms with Crippen LogP contribution in [-0.4, -0.2) is 42.9 Å². The van der Waals surface area contributed by atoms with Gasteiger partial charge in [-0.3, -0.25) is 0 Å². The van der Waals surface area contributed by atoms with E-state index in [-0.39, 0.29) is 11.5 Å². The molecule has 1 atom stereocenters. The Morgan fingerprint density at radius 3 is 2.61 bits per heavy atom. The molecule has 2 aliphatic heterocycles.